The lowest BCUT2D eigenvalue weighted by Gasteiger charge is -2.17. The van der Waals surface area contributed by atoms with Crippen LogP contribution in [0.5, 0.6) is 5.75 Å². The van der Waals surface area contributed by atoms with Gasteiger partial charge in [0.05, 0.1) is 13.7 Å². The number of ether oxygens (including phenoxy) is 1. The molecule has 0 spiro atoms. The lowest BCUT2D eigenvalue weighted by Crippen LogP contribution is -2.34. The first-order valence-electron chi connectivity index (χ1n) is 7.50. The Balaban J connectivity index is 1.83. The van der Waals surface area contributed by atoms with E-state index in [4.69, 9.17) is 16.3 Å². The van der Waals surface area contributed by atoms with Crippen LogP contribution in [0.2, 0.25) is 5.02 Å². The van der Waals surface area contributed by atoms with Gasteiger partial charge in [-0.1, -0.05) is 29.8 Å². The summed E-state index contributed by atoms with van der Waals surface area (Å²) in [7, 11) is 3.35. The van der Waals surface area contributed by atoms with E-state index in [1.807, 2.05) is 24.3 Å². The van der Waals surface area contributed by atoms with Gasteiger partial charge in [0.15, 0.2) is 0 Å². The number of hydrogen-bond acceptors (Lipinski definition) is 3. The molecule has 0 atom stereocenters. The Morgan fingerprint density at radius 3 is 2.58 bits per heavy atom. The largest absolute Gasteiger partial charge is 0.497 e. The first-order chi connectivity index (χ1) is 11.5. The van der Waals surface area contributed by atoms with Crippen molar-refractivity contribution in [2.45, 2.75) is 13.1 Å². The molecule has 0 radical (unpaired) electrons. The number of amides is 1. The maximum Gasteiger partial charge on any atom is 0.234 e. The normalized spacial score (nSPS) is 10.7. The first-order valence-corrected chi connectivity index (χ1v) is 7.88. The molecule has 2 aromatic carbocycles. The van der Waals surface area contributed by atoms with Gasteiger partial charge in [0, 0.05) is 23.7 Å². The Morgan fingerprint density at radius 1 is 1.25 bits per heavy atom. The molecule has 0 fully saturated rings. The summed E-state index contributed by atoms with van der Waals surface area (Å²) in [6, 6.07) is 12.0. The van der Waals surface area contributed by atoms with Gasteiger partial charge in [0.25, 0.3) is 0 Å². The molecule has 1 N–H and O–H groups in total. The molecule has 6 heteroatoms. The Hall–Kier alpha value is -2.11. The van der Waals surface area contributed by atoms with Crippen molar-refractivity contribution in [3.05, 3.63) is 64.4 Å². The molecule has 0 aliphatic rings. The first kappa shape index (κ1) is 18.2. The fourth-order valence-electron chi connectivity index (χ4n) is 2.25. The van der Waals surface area contributed by atoms with Crippen LogP contribution in [0.1, 0.15) is 11.1 Å². The second-order valence-electron chi connectivity index (χ2n) is 5.50. The Kier molecular flexibility index (Phi) is 6.58. The molecule has 128 valence electrons. The molecule has 0 saturated carbocycles. The lowest BCUT2D eigenvalue weighted by molar-refractivity contribution is -0.122. The van der Waals surface area contributed by atoms with Crippen LogP contribution in [0.3, 0.4) is 0 Å². The highest BCUT2D eigenvalue weighted by atomic mass is 35.5. The van der Waals surface area contributed by atoms with Gasteiger partial charge in [0.1, 0.15) is 11.6 Å². The van der Waals surface area contributed by atoms with Gasteiger partial charge < -0.3 is 10.1 Å². The van der Waals surface area contributed by atoms with Gasteiger partial charge in [0.2, 0.25) is 5.91 Å². The maximum absolute atomic E-state index is 13.8. The van der Waals surface area contributed by atoms with E-state index in [0.717, 1.165) is 11.3 Å². The number of likely N-dealkylation sites (N-methyl/N-ethyl adjacent to an activating group) is 1. The van der Waals surface area contributed by atoms with Crippen LogP contribution in [0.15, 0.2) is 42.5 Å². The lowest BCUT2D eigenvalue weighted by atomic mass is 10.2. The van der Waals surface area contributed by atoms with Crippen molar-refractivity contribution >= 4 is 17.5 Å². The molecule has 1 amide bonds. The topological polar surface area (TPSA) is 41.6 Å². The minimum Gasteiger partial charge on any atom is -0.497 e. The highest BCUT2D eigenvalue weighted by Crippen LogP contribution is 2.20. The highest BCUT2D eigenvalue weighted by molar-refractivity contribution is 6.31. The highest BCUT2D eigenvalue weighted by Gasteiger charge is 2.12. The molecular weight excluding hydrogens is 331 g/mol. The third-order valence-corrected chi connectivity index (χ3v) is 3.91. The fraction of sp³-hybridized carbons (Fsp3) is 0.278. The fourth-order valence-corrected chi connectivity index (χ4v) is 2.48. The van der Waals surface area contributed by atoms with Gasteiger partial charge in [-0.3, -0.25) is 9.69 Å². The third-order valence-electron chi connectivity index (χ3n) is 3.55. The standard InChI is InChI=1S/C18H20ClFN2O2/c1-22(11-15-16(19)4-3-5-17(15)20)12-18(23)21-10-13-6-8-14(24-2)9-7-13/h3-9H,10-12H2,1-2H3,(H,21,23). The summed E-state index contributed by atoms with van der Waals surface area (Å²) < 4.78 is 18.8. The number of nitrogens with zero attached hydrogens (tertiary/aromatic N) is 1. The van der Waals surface area contributed by atoms with Crippen LogP contribution in [-0.4, -0.2) is 31.5 Å². The average Bonchev–Trinajstić information content (AvgIpc) is 2.57. The van der Waals surface area contributed by atoms with E-state index in [2.05, 4.69) is 5.32 Å². The van der Waals surface area contributed by atoms with E-state index >= 15 is 0 Å². The molecule has 4 nitrogen and oxygen atoms in total. The van der Waals surface area contributed by atoms with Crippen molar-refractivity contribution in [3.8, 4) is 5.75 Å². The zero-order chi connectivity index (χ0) is 17.5. The monoisotopic (exact) mass is 350 g/mol. The predicted octanol–water partition coefficient (Wildman–Crippen LogP) is 3.24. The van der Waals surface area contributed by atoms with Crippen LogP contribution < -0.4 is 10.1 Å². The van der Waals surface area contributed by atoms with Crippen LogP contribution in [0.4, 0.5) is 4.39 Å². The van der Waals surface area contributed by atoms with Crippen LogP contribution in [0, 0.1) is 5.82 Å². The van der Waals surface area contributed by atoms with Crippen molar-refractivity contribution < 1.29 is 13.9 Å². The molecule has 0 aromatic heterocycles. The molecule has 0 unspecified atom stereocenters. The van der Waals surface area contributed by atoms with Crippen molar-refractivity contribution in [1.29, 1.82) is 0 Å². The molecule has 2 aromatic rings. The summed E-state index contributed by atoms with van der Waals surface area (Å²) in [4.78, 5) is 13.7. The molecular formula is C18H20ClFN2O2. The van der Waals surface area contributed by atoms with E-state index in [9.17, 15) is 9.18 Å². The summed E-state index contributed by atoms with van der Waals surface area (Å²) in [5.74, 6) is 0.264. The quantitative estimate of drug-likeness (QED) is 0.833. The van der Waals surface area contributed by atoms with E-state index in [0.29, 0.717) is 17.1 Å². The van der Waals surface area contributed by atoms with Gasteiger partial charge in [-0.2, -0.15) is 0 Å². The number of benzene rings is 2. The number of carbonyl (C=O) groups excluding carboxylic acids is 1. The van der Waals surface area contributed by atoms with Crippen LogP contribution in [0.25, 0.3) is 0 Å². The summed E-state index contributed by atoms with van der Waals surface area (Å²) in [6.07, 6.45) is 0. The van der Waals surface area contributed by atoms with Gasteiger partial charge in [-0.15, -0.1) is 0 Å². The zero-order valence-corrected chi connectivity index (χ0v) is 14.4. The van der Waals surface area contributed by atoms with Gasteiger partial charge >= 0.3 is 0 Å². The third kappa shape index (κ3) is 5.22. The van der Waals surface area contributed by atoms with E-state index in [-0.39, 0.29) is 24.8 Å². The van der Waals surface area contributed by atoms with Crippen molar-refractivity contribution in [2.75, 3.05) is 20.7 Å². The number of nitrogens with one attached hydrogen (secondary N) is 1. The second-order valence-corrected chi connectivity index (χ2v) is 5.90. The average molecular weight is 351 g/mol. The summed E-state index contributed by atoms with van der Waals surface area (Å²) in [6.45, 7) is 0.847. The van der Waals surface area contributed by atoms with Crippen LogP contribution in [-0.2, 0) is 17.9 Å². The molecule has 2 rings (SSSR count). The summed E-state index contributed by atoms with van der Waals surface area (Å²) >= 11 is 6.00. The minimum atomic E-state index is -0.368. The predicted molar refractivity (Wildman–Crippen MR) is 92.6 cm³/mol. The Labute approximate surface area is 146 Å². The van der Waals surface area contributed by atoms with E-state index < -0.39 is 0 Å². The van der Waals surface area contributed by atoms with E-state index in [1.165, 1.54) is 6.07 Å². The number of carbonyl (C=O) groups is 1. The molecule has 0 aliphatic heterocycles. The number of rotatable bonds is 7. The zero-order valence-electron chi connectivity index (χ0n) is 13.7. The molecule has 0 aliphatic carbocycles. The minimum absolute atomic E-state index is 0.138. The number of hydrogen-bond donors (Lipinski definition) is 1. The smallest absolute Gasteiger partial charge is 0.234 e. The van der Waals surface area contributed by atoms with Crippen molar-refractivity contribution in [3.63, 3.8) is 0 Å². The molecule has 24 heavy (non-hydrogen) atoms. The second kappa shape index (κ2) is 8.66. The Morgan fingerprint density at radius 2 is 1.96 bits per heavy atom. The number of halogens is 2. The summed E-state index contributed by atoms with van der Waals surface area (Å²) in [5.41, 5.74) is 1.37. The molecule has 0 bridgehead atoms. The Bertz CT molecular complexity index is 672. The SMILES string of the molecule is COc1ccc(CNC(=O)CN(C)Cc2c(F)cccc2Cl)cc1. The molecule has 0 saturated heterocycles. The molecule has 0 heterocycles. The van der Waals surface area contributed by atoms with Gasteiger partial charge in [-0.05, 0) is 36.9 Å². The van der Waals surface area contributed by atoms with Crippen LogP contribution >= 0.6 is 11.6 Å². The summed E-state index contributed by atoms with van der Waals surface area (Å²) in [5, 5.41) is 3.20. The van der Waals surface area contributed by atoms with Crippen molar-refractivity contribution in [1.82, 2.24) is 10.2 Å². The van der Waals surface area contributed by atoms with Gasteiger partial charge in [-0.25, -0.2) is 4.39 Å². The van der Waals surface area contributed by atoms with E-state index in [1.54, 1.807) is 31.2 Å². The van der Waals surface area contributed by atoms with Crippen molar-refractivity contribution in [2.24, 2.45) is 0 Å². The maximum atomic E-state index is 13.8. The number of methoxy groups -OCH3 is 1.